The number of methoxy groups -OCH3 is 1. The fourth-order valence-corrected chi connectivity index (χ4v) is 2.62. The fraction of sp³-hybridized carbons (Fsp3) is 0.353. The third kappa shape index (κ3) is 3.26. The average molecular weight is 314 g/mol. The third-order valence-corrected chi connectivity index (χ3v) is 3.86. The Labute approximate surface area is 134 Å². The minimum atomic E-state index is -0.664. The molecule has 1 fully saturated rings. The number of ether oxygens (including phenoxy) is 2. The van der Waals surface area contributed by atoms with Crippen molar-refractivity contribution in [1.82, 2.24) is 9.78 Å². The fourth-order valence-electron chi connectivity index (χ4n) is 2.62. The molecule has 1 heterocycles. The Balaban J connectivity index is 1.82. The predicted molar refractivity (Wildman–Crippen MR) is 82.8 cm³/mol. The van der Waals surface area contributed by atoms with Crippen LogP contribution in [-0.2, 0) is 9.53 Å². The Morgan fingerprint density at radius 1 is 1.26 bits per heavy atom. The lowest BCUT2D eigenvalue weighted by Crippen LogP contribution is -2.30. The summed E-state index contributed by atoms with van der Waals surface area (Å²) in [6.07, 6.45) is 3.75. The monoisotopic (exact) mass is 314 g/mol. The van der Waals surface area contributed by atoms with Crippen molar-refractivity contribution >= 4 is 11.8 Å². The molecule has 0 saturated heterocycles. The largest absolute Gasteiger partial charge is 0.493 e. The number of hydrogen-bond acceptors (Lipinski definition) is 5. The van der Waals surface area contributed by atoms with Crippen LogP contribution in [0.3, 0.4) is 0 Å². The molecule has 120 valence electrons. The highest BCUT2D eigenvalue weighted by molar-refractivity contribution is 5.93. The first-order valence-electron chi connectivity index (χ1n) is 7.62. The number of benzene rings is 1. The van der Waals surface area contributed by atoms with Crippen LogP contribution in [0.1, 0.15) is 36.2 Å². The van der Waals surface area contributed by atoms with Crippen LogP contribution in [0.2, 0.25) is 0 Å². The number of carbonyl (C=O) groups excluding carboxylic acids is 2. The summed E-state index contributed by atoms with van der Waals surface area (Å²) in [7, 11) is 1.47. The van der Waals surface area contributed by atoms with Crippen molar-refractivity contribution in [3.8, 4) is 11.4 Å². The molecule has 1 aromatic heterocycles. The van der Waals surface area contributed by atoms with Crippen LogP contribution >= 0.6 is 0 Å². The molecule has 1 aromatic carbocycles. The van der Waals surface area contributed by atoms with Gasteiger partial charge in [0.25, 0.3) is 0 Å². The van der Waals surface area contributed by atoms with Crippen molar-refractivity contribution in [2.45, 2.75) is 31.8 Å². The van der Waals surface area contributed by atoms with Crippen LogP contribution in [0.5, 0.6) is 5.75 Å². The molecule has 23 heavy (non-hydrogen) atoms. The molecule has 0 aliphatic heterocycles. The van der Waals surface area contributed by atoms with Gasteiger partial charge in [0.15, 0.2) is 17.6 Å². The molecule has 1 aliphatic carbocycles. The minimum absolute atomic E-state index is 0.0222. The van der Waals surface area contributed by atoms with Gasteiger partial charge in [-0.25, -0.2) is 9.48 Å². The van der Waals surface area contributed by atoms with E-state index in [1.54, 1.807) is 10.9 Å². The van der Waals surface area contributed by atoms with E-state index in [-0.39, 0.29) is 11.5 Å². The average Bonchev–Trinajstić information content (AvgIpc) is 3.02. The van der Waals surface area contributed by atoms with Crippen LogP contribution < -0.4 is 4.74 Å². The molecule has 2 aromatic rings. The zero-order valence-electron chi connectivity index (χ0n) is 12.9. The Morgan fingerprint density at radius 3 is 2.74 bits per heavy atom. The molecular formula is C17H18N2O4. The van der Waals surface area contributed by atoms with Gasteiger partial charge >= 0.3 is 5.97 Å². The molecule has 3 rings (SSSR count). The Morgan fingerprint density at radius 2 is 2.04 bits per heavy atom. The highest BCUT2D eigenvalue weighted by Crippen LogP contribution is 2.23. The summed E-state index contributed by atoms with van der Waals surface area (Å²) >= 11 is 0. The van der Waals surface area contributed by atoms with Crippen LogP contribution in [0.15, 0.2) is 36.5 Å². The molecule has 0 radical (unpaired) electrons. The van der Waals surface area contributed by atoms with Crippen molar-refractivity contribution in [1.29, 1.82) is 0 Å². The second kappa shape index (κ2) is 6.64. The van der Waals surface area contributed by atoms with Gasteiger partial charge in [0.1, 0.15) is 0 Å². The molecule has 6 nitrogen and oxygen atoms in total. The maximum atomic E-state index is 12.4. The van der Waals surface area contributed by atoms with Gasteiger partial charge in [0, 0.05) is 6.42 Å². The summed E-state index contributed by atoms with van der Waals surface area (Å²) in [5.41, 5.74) is 0.883. The van der Waals surface area contributed by atoms with Gasteiger partial charge in [-0.2, -0.15) is 5.10 Å². The molecule has 1 atom stereocenters. The number of carbonyl (C=O) groups is 2. The van der Waals surface area contributed by atoms with Gasteiger partial charge in [-0.15, -0.1) is 0 Å². The molecule has 0 amide bonds. The highest BCUT2D eigenvalue weighted by atomic mass is 16.5. The van der Waals surface area contributed by atoms with Gasteiger partial charge < -0.3 is 9.47 Å². The normalized spacial score (nSPS) is 17.8. The summed E-state index contributed by atoms with van der Waals surface area (Å²) < 4.78 is 12.1. The summed E-state index contributed by atoms with van der Waals surface area (Å²) in [5.74, 6) is -0.329. The predicted octanol–water partition coefficient (Wildman–Crippen LogP) is 2.55. The SMILES string of the molecule is COc1cn(-c2ccccc2)nc1C(=O)O[C@H]1CCCCC1=O. The maximum Gasteiger partial charge on any atom is 0.363 e. The molecular weight excluding hydrogens is 296 g/mol. The van der Waals surface area contributed by atoms with Gasteiger partial charge in [0.2, 0.25) is 5.69 Å². The van der Waals surface area contributed by atoms with E-state index in [4.69, 9.17) is 9.47 Å². The Hall–Kier alpha value is -2.63. The Bertz CT molecular complexity index is 709. The number of nitrogens with zero attached hydrogens (tertiary/aromatic N) is 2. The summed E-state index contributed by atoms with van der Waals surface area (Å²) in [4.78, 5) is 24.2. The molecule has 0 spiro atoms. The van der Waals surface area contributed by atoms with Crippen molar-refractivity contribution in [3.63, 3.8) is 0 Å². The van der Waals surface area contributed by atoms with E-state index in [1.165, 1.54) is 7.11 Å². The second-order valence-electron chi connectivity index (χ2n) is 5.43. The van der Waals surface area contributed by atoms with Crippen molar-refractivity contribution in [3.05, 3.63) is 42.2 Å². The first-order valence-corrected chi connectivity index (χ1v) is 7.62. The topological polar surface area (TPSA) is 70.4 Å². The number of aromatic nitrogens is 2. The van der Waals surface area contributed by atoms with E-state index < -0.39 is 12.1 Å². The molecule has 1 aliphatic rings. The first kappa shape index (κ1) is 15.3. The second-order valence-corrected chi connectivity index (χ2v) is 5.43. The minimum Gasteiger partial charge on any atom is -0.493 e. The maximum absolute atomic E-state index is 12.4. The van der Waals surface area contributed by atoms with Crippen molar-refractivity contribution in [2.24, 2.45) is 0 Å². The van der Waals surface area contributed by atoms with E-state index in [0.717, 1.165) is 18.5 Å². The van der Waals surface area contributed by atoms with Gasteiger partial charge in [-0.05, 0) is 31.4 Å². The van der Waals surface area contributed by atoms with Gasteiger partial charge in [0.05, 0.1) is 19.0 Å². The van der Waals surface area contributed by atoms with E-state index in [1.807, 2.05) is 30.3 Å². The highest BCUT2D eigenvalue weighted by Gasteiger charge is 2.29. The number of para-hydroxylation sites is 1. The summed E-state index contributed by atoms with van der Waals surface area (Å²) in [6, 6.07) is 9.39. The number of Topliss-reactive ketones (excluding diaryl/α,β-unsaturated/α-hetero) is 1. The van der Waals surface area contributed by atoms with Crippen molar-refractivity contribution in [2.75, 3.05) is 7.11 Å². The lowest BCUT2D eigenvalue weighted by atomic mass is 9.96. The summed E-state index contributed by atoms with van der Waals surface area (Å²) in [6.45, 7) is 0. The number of ketones is 1. The lowest BCUT2D eigenvalue weighted by molar-refractivity contribution is -0.129. The van der Waals surface area contributed by atoms with Gasteiger partial charge in [-0.3, -0.25) is 4.79 Å². The molecule has 6 heteroatoms. The summed E-state index contributed by atoms with van der Waals surface area (Å²) in [5, 5.41) is 4.25. The van der Waals surface area contributed by atoms with E-state index in [0.29, 0.717) is 18.6 Å². The lowest BCUT2D eigenvalue weighted by Gasteiger charge is -2.20. The van der Waals surface area contributed by atoms with Crippen LogP contribution in [-0.4, -0.2) is 34.7 Å². The van der Waals surface area contributed by atoms with Crippen LogP contribution in [0.4, 0.5) is 0 Å². The number of rotatable bonds is 4. The van der Waals surface area contributed by atoms with Crippen LogP contribution in [0, 0.1) is 0 Å². The molecule has 0 unspecified atom stereocenters. The first-order chi connectivity index (χ1) is 11.2. The molecule has 0 N–H and O–H groups in total. The van der Waals surface area contributed by atoms with Crippen LogP contribution in [0.25, 0.3) is 5.69 Å². The van der Waals surface area contributed by atoms with E-state index in [9.17, 15) is 9.59 Å². The molecule has 0 bridgehead atoms. The smallest absolute Gasteiger partial charge is 0.363 e. The number of esters is 1. The zero-order chi connectivity index (χ0) is 16.2. The third-order valence-electron chi connectivity index (χ3n) is 3.86. The number of hydrogen-bond donors (Lipinski definition) is 0. The van der Waals surface area contributed by atoms with Crippen molar-refractivity contribution < 1.29 is 19.1 Å². The van der Waals surface area contributed by atoms with E-state index in [2.05, 4.69) is 5.10 Å². The van der Waals surface area contributed by atoms with Gasteiger partial charge in [-0.1, -0.05) is 18.2 Å². The quantitative estimate of drug-likeness (QED) is 0.811. The molecule has 1 saturated carbocycles. The zero-order valence-corrected chi connectivity index (χ0v) is 12.9. The Kier molecular flexibility index (Phi) is 4.41. The van der Waals surface area contributed by atoms with E-state index >= 15 is 0 Å². The standard InChI is InChI=1S/C17H18N2O4/c1-22-15-11-19(12-7-3-2-4-8-12)18-16(15)17(21)23-14-10-6-5-9-13(14)20/h2-4,7-8,11,14H,5-6,9-10H2,1H3/t14-/m0/s1.